The summed E-state index contributed by atoms with van der Waals surface area (Å²) in [6, 6.07) is 0. The summed E-state index contributed by atoms with van der Waals surface area (Å²) in [5, 5.41) is 0. The maximum atomic E-state index is 11.4. The molecule has 0 aromatic heterocycles. The van der Waals surface area contributed by atoms with Crippen molar-refractivity contribution in [3.8, 4) is 0 Å². The van der Waals surface area contributed by atoms with Crippen LogP contribution in [0.5, 0.6) is 0 Å². The van der Waals surface area contributed by atoms with Gasteiger partial charge in [0.25, 0.3) is 4.64 Å². The van der Waals surface area contributed by atoms with Crippen molar-refractivity contribution in [2.75, 3.05) is 0 Å². The van der Waals surface area contributed by atoms with Gasteiger partial charge in [-0.1, -0.05) is 39.0 Å². The highest BCUT2D eigenvalue weighted by Crippen LogP contribution is 2.84. The average Bonchev–Trinajstić information content (AvgIpc) is 2.17. The van der Waals surface area contributed by atoms with Crippen molar-refractivity contribution in [3.63, 3.8) is 0 Å². The normalized spacial score (nSPS) is 14.6. The van der Waals surface area contributed by atoms with E-state index < -0.39 is 33.8 Å². The molecule has 0 saturated carbocycles. The van der Waals surface area contributed by atoms with E-state index in [1.165, 1.54) is 0 Å². The number of hydrogen-bond acceptors (Lipinski definition) is 3. The van der Waals surface area contributed by atoms with E-state index in [9.17, 15) is 13.7 Å². The van der Waals surface area contributed by atoms with Crippen LogP contribution >= 0.6 is 22.8 Å². The molecule has 0 atom stereocenters. The minimum absolute atomic E-state index is 0.0959. The zero-order valence-corrected chi connectivity index (χ0v) is 13.7. The molecule has 0 aromatic rings. The van der Waals surface area contributed by atoms with E-state index in [4.69, 9.17) is 29.4 Å². The van der Waals surface area contributed by atoms with Crippen LogP contribution < -0.4 is 0 Å². The van der Waals surface area contributed by atoms with E-state index >= 15 is 0 Å². The van der Waals surface area contributed by atoms with Gasteiger partial charge >= 0.3 is 22.8 Å². The molecule has 122 valence electrons. The first-order valence-corrected chi connectivity index (χ1v) is 10.8. The smallest absolute Gasteiger partial charge is 0.323 e. The Kier molecular flexibility index (Phi) is 7.30. The van der Waals surface area contributed by atoms with Gasteiger partial charge in [-0.3, -0.25) is 13.7 Å². The van der Waals surface area contributed by atoms with Gasteiger partial charge in [0.2, 0.25) is 0 Å². The van der Waals surface area contributed by atoms with Gasteiger partial charge in [-0.2, -0.15) is 0 Å². The Bertz CT molecular complexity index is 389. The van der Waals surface area contributed by atoms with Crippen LogP contribution in [0, 0.1) is 0 Å². The first-order chi connectivity index (χ1) is 8.81. The van der Waals surface area contributed by atoms with Gasteiger partial charge in [-0.25, -0.2) is 0 Å². The molecule has 0 aliphatic carbocycles. The van der Waals surface area contributed by atoms with Crippen LogP contribution in [-0.2, 0) is 13.7 Å². The summed E-state index contributed by atoms with van der Waals surface area (Å²) in [6.45, 7) is 1.92. The van der Waals surface area contributed by atoms with Gasteiger partial charge < -0.3 is 29.4 Å². The lowest BCUT2D eigenvalue weighted by Gasteiger charge is -2.34. The van der Waals surface area contributed by atoms with Crippen LogP contribution in [0.1, 0.15) is 45.4 Å². The Balaban J connectivity index is 5.43. The van der Waals surface area contributed by atoms with E-state index in [1.54, 1.807) is 0 Å². The Morgan fingerprint density at radius 3 is 1.35 bits per heavy atom. The molecule has 0 radical (unpaired) electrons. The minimum atomic E-state index is -5.73. The second-order valence-corrected chi connectivity index (χ2v) is 11.2. The van der Waals surface area contributed by atoms with Gasteiger partial charge in [0.1, 0.15) is 0 Å². The third-order valence-corrected chi connectivity index (χ3v) is 11.2. The van der Waals surface area contributed by atoms with Crippen molar-refractivity contribution < 1.29 is 43.1 Å². The highest BCUT2D eigenvalue weighted by atomic mass is 31.3. The van der Waals surface area contributed by atoms with Crippen LogP contribution in [0.2, 0.25) is 0 Å². The fourth-order valence-electron chi connectivity index (χ4n) is 1.91. The first kappa shape index (κ1) is 20.5. The number of rotatable bonds is 9. The van der Waals surface area contributed by atoms with Gasteiger partial charge in [0.15, 0.2) is 0 Å². The minimum Gasteiger partial charge on any atom is -0.323 e. The van der Waals surface area contributed by atoms with Crippen molar-refractivity contribution in [2.24, 2.45) is 0 Å². The molecule has 0 aliphatic heterocycles. The molecule has 0 aromatic carbocycles. The highest BCUT2D eigenvalue weighted by molar-refractivity contribution is 7.88. The van der Waals surface area contributed by atoms with Gasteiger partial charge in [0.05, 0.1) is 0 Å². The second kappa shape index (κ2) is 7.14. The Hall–Kier alpha value is 0.450. The van der Waals surface area contributed by atoms with Crippen molar-refractivity contribution in [2.45, 2.75) is 50.1 Å². The third-order valence-electron chi connectivity index (χ3n) is 3.02. The zero-order chi connectivity index (χ0) is 16.2. The summed E-state index contributed by atoms with van der Waals surface area (Å²) in [5.74, 6) is 0. The van der Waals surface area contributed by atoms with Crippen LogP contribution in [0.25, 0.3) is 0 Å². The molecule has 0 rings (SSSR count). The van der Waals surface area contributed by atoms with E-state index in [2.05, 4.69) is 0 Å². The van der Waals surface area contributed by atoms with Gasteiger partial charge in [0, 0.05) is 0 Å². The Morgan fingerprint density at radius 2 is 1.05 bits per heavy atom. The lowest BCUT2D eigenvalue weighted by molar-refractivity contribution is 0.293. The average molecular weight is 354 g/mol. The predicted molar refractivity (Wildman–Crippen MR) is 72.2 cm³/mol. The zero-order valence-electron chi connectivity index (χ0n) is 11.0. The van der Waals surface area contributed by atoms with Crippen LogP contribution in [0.4, 0.5) is 0 Å². The monoisotopic (exact) mass is 354 g/mol. The summed E-state index contributed by atoms with van der Waals surface area (Å²) >= 11 is 0. The summed E-state index contributed by atoms with van der Waals surface area (Å²) < 4.78 is 30.5. The molecule has 0 amide bonds. The summed E-state index contributed by atoms with van der Waals surface area (Å²) in [7, 11) is -17.2. The lowest BCUT2D eigenvalue weighted by Crippen LogP contribution is -2.29. The van der Waals surface area contributed by atoms with Crippen molar-refractivity contribution in [1.82, 2.24) is 0 Å². The van der Waals surface area contributed by atoms with Crippen LogP contribution in [-0.4, -0.2) is 34.0 Å². The fraction of sp³-hybridized carbons (Fsp3) is 1.00. The molecule has 0 unspecified atom stereocenters. The molecule has 12 heteroatoms. The molecule has 0 saturated heterocycles. The Morgan fingerprint density at radius 1 is 0.700 bits per heavy atom. The standard InChI is InChI=1S/C8H21O9P3/c1-2-3-4-5-6-7-8(18(9,10)11,19(12,13)14)20(15,16)17/h2-7H2,1H3,(H2,9,10,11)(H2,12,13,14)(H2,15,16,17). The number of hydrogen-bond donors (Lipinski definition) is 6. The highest BCUT2D eigenvalue weighted by Gasteiger charge is 2.70. The lowest BCUT2D eigenvalue weighted by atomic mass is 10.1. The van der Waals surface area contributed by atoms with E-state index in [0.29, 0.717) is 12.8 Å². The molecule has 0 bridgehead atoms. The molecule has 20 heavy (non-hydrogen) atoms. The summed E-state index contributed by atoms with van der Waals surface area (Å²) in [4.78, 5) is 54.8. The molecular formula is C8H21O9P3. The van der Waals surface area contributed by atoms with Crippen molar-refractivity contribution in [1.29, 1.82) is 0 Å². The van der Waals surface area contributed by atoms with Gasteiger partial charge in [-0.05, 0) is 6.42 Å². The maximum Gasteiger partial charge on any atom is 0.356 e. The summed E-state index contributed by atoms with van der Waals surface area (Å²) in [5.41, 5.74) is 0. The molecule has 9 nitrogen and oxygen atoms in total. The van der Waals surface area contributed by atoms with E-state index in [-0.39, 0.29) is 6.42 Å². The van der Waals surface area contributed by atoms with Crippen molar-refractivity contribution >= 4 is 22.8 Å². The summed E-state index contributed by atoms with van der Waals surface area (Å²) in [6.07, 6.45) is 1.68. The van der Waals surface area contributed by atoms with E-state index in [0.717, 1.165) is 12.8 Å². The first-order valence-electron chi connectivity index (χ1n) is 5.98. The predicted octanol–water partition coefficient (Wildman–Crippen LogP) is 1.53. The Labute approximate surface area is 116 Å². The SMILES string of the molecule is CCCCCCCC(P(=O)(O)O)(P(=O)(O)O)P(=O)(O)O. The largest absolute Gasteiger partial charge is 0.356 e. The molecule has 6 N–H and O–H groups in total. The molecular weight excluding hydrogens is 333 g/mol. The molecule has 0 heterocycles. The molecule has 0 fully saturated rings. The van der Waals surface area contributed by atoms with Crippen LogP contribution in [0.3, 0.4) is 0 Å². The van der Waals surface area contributed by atoms with Crippen LogP contribution in [0.15, 0.2) is 0 Å². The van der Waals surface area contributed by atoms with E-state index in [1.807, 2.05) is 6.92 Å². The van der Waals surface area contributed by atoms with Gasteiger partial charge in [-0.15, -0.1) is 0 Å². The third kappa shape index (κ3) is 4.47. The quantitative estimate of drug-likeness (QED) is 0.265. The number of unbranched alkanes of at least 4 members (excludes halogenated alkanes) is 4. The maximum absolute atomic E-state index is 11.4. The molecule has 0 spiro atoms. The topological polar surface area (TPSA) is 173 Å². The van der Waals surface area contributed by atoms with Crippen molar-refractivity contribution in [3.05, 3.63) is 0 Å². The fourth-order valence-corrected chi connectivity index (χ4v) is 7.33. The second-order valence-electron chi connectivity index (χ2n) is 4.57. The molecule has 0 aliphatic rings.